The molecule has 1 atom stereocenters. The van der Waals surface area contributed by atoms with Gasteiger partial charge in [0, 0.05) is 6.42 Å². The molecule has 10 heavy (non-hydrogen) atoms. The molecule has 2 nitrogen and oxygen atoms in total. The molecule has 0 radical (unpaired) electrons. The van der Waals surface area contributed by atoms with Crippen LogP contribution in [0.5, 0.6) is 0 Å². The van der Waals surface area contributed by atoms with Crippen LogP contribution in [0.25, 0.3) is 0 Å². The lowest BCUT2D eigenvalue weighted by Gasteiger charge is -2.17. The van der Waals surface area contributed by atoms with E-state index in [1.807, 2.05) is 20.8 Å². The number of Topliss-reactive ketones (excluding diaryl/α,β-unsaturated/α-hetero) is 1. The first-order valence-corrected chi connectivity index (χ1v) is 3.61. The predicted molar refractivity (Wildman–Crippen MR) is 42.7 cm³/mol. The van der Waals surface area contributed by atoms with Gasteiger partial charge in [-0.05, 0) is 12.3 Å². The van der Waals surface area contributed by atoms with Crippen molar-refractivity contribution in [2.75, 3.05) is 0 Å². The summed E-state index contributed by atoms with van der Waals surface area (Å²) in [6, 6.07) is -0.306. The van der Waals surface area contributed by atoms with Gasteiger partial charge in [-0.2, -0.15) is 0 Å². The van der Waals surface area contributed by atoms with Crippen LogP contribution in [0.15, 0.2) is 0 Å². The molecule has 0 saturated heterocycles. The highest BCUT2D eigenvalue weighted by molar-refractivity contribution is 5.83. The molecule has 0 aliphatic rings. The molecule has 0 fully saturated rings. The van der Waals surface area contributed by atoms with Crippen LogP contribution in [0.4, 0.5) is 0 Å². The minimum absolute atomic E-state index is 0.0741. The first-order valence-electron chi connectivity index (χ1n) is 3.61. The highest BCUT2D eigenvalue weighted by Gasteiger charge is 2.17. The van der Waals surface area contributed by atoms with Crippen LogP contribution >= 0.6 is 0 Å². The van der Waals surface area contributed by atoms with E-state index in [9.17, 15) is 4.79 Å². The quantitative estimate of drug-likeness (QED) is 0.634. The van der Waals surface area contributed by atoms with Gasteiger partial charge in [0.1, 0.15) is 5.78 Å². The molecular formula is C8H17NO. The summed E-state index contributed by atoms with van der Waals surface area (Å²) in [6.45, 7) is 7.84. The van der Waals surface area contributed by atoms with Crippen LogP contribution < -0.4 is 5.73 Å². The van der Waals surface area contributed by atoms with Crippen molar-refractivity contribution in [2.24, 2.45) is 11.1 Å². The molecule has 0 aromatic heterocycles. The second kappa shape index (κ2) is 3.15. The smallest absolute Gasteiger partial charge is 0.149 e. The molecule has 0 aromatic rings. The van der Waals surface area contributed by atoms with Crippen molar-refractivity contribution in [1.82, 2.24) is 0 Å². The molecule has 0 aliphatic heterocycles. The number of carbonyl (C=O) groups excluding carboxylic acids is 1. The summed E-state index contributed by atoms with van der Waals surface area (Å²) < 4.78 is 0. The molecule has 2 N–H and O–H groups in total. The molecule has 2 heteroatoms. The van der Waals surface area contributed by atoms with E-state index < -0.39 is 0 Å². The monoisotopic (exact) mass is 143 g/mol. The third-order valence-electron chi connectivity index (χ3n) is 1.21. The Hall–Kier alpha value is -0.370. The predicted octanol–water partition coefficient (Wildman–Crippen LogP) is 1.34. The van der Waals surface area contributed by atoms with Crippen molar-refractivity contribution < 1.29 is 4.79 Å². The molecular weight excluding hydrogens is 126 g/mol. The van der Waals surface area contributed by atoms with Gasteiger partial charge < -0.3 is 5.73 Å². The molecule has 1 unspecified atom stereocenters. The SMILES string of the molecule is CC(N)C(=O)CC(C)(C)C. The average molecular weight is 143 g/mol. The molecule has 0 rings (SSSR count). The third-order valence-corrected chi connectivity index (χ3v) is 1.21. The molecule has 0 saturated carbocycles. The van der Waals surface area contributed by atoms with Crippen LogP contribution in [-0.2, 0) is 4.79 Å². The zero-order valence-electron chi connectivity index (χ0n) is 7.27. The maximum Gasteiger partial charge on any atom is 0.149 e. The first-order chi connectivity index (χ1) is 4.33. The van der Waals surface area contributed by atoms with E-state index in [4.69, 9.17) is 5.73 Å². The number of hydrogen-bond acceptors (Lipinski definition) is 2. The van der Waals surface area contributed by atoms with Gasteiger partial charge in [-0.25, -0.2) is 0 Å². The Balaban J connectivity index is 3.81. The number of hydrogen-bond donors (Lipinski definition) is 1. The van der Waals surface area contributed by atoms with E-state index in [2.05, 4.69) is 0 Å². The van der Waals surface area contributed by atoms with Gasteiger partial charge in [-0.3, -0.25) is 4.79 Å². The van der Waals surface area contributed by atoms with Gasteiger partial charge in [0.15, 0.2) is 0 Å². The summed E-state index contributed by atoms with van der Waals surface area (Å²) in [6.07, 6.45) is 0.574. The van der Waals surface area contributed by atoms with E-state index in [1.165, 1.54) is 0 Å². The number of nitrogens with two attached hydrogens (primary N) is 1. The Labute approximate surface area is 62.8 Å². The fourth-order valence-corrected chi connectivity index (χ4v) is 0.684. The van der Waals surface area contributed by atoms with Crippen molar-refractivity contribution in [3.63, 3.8) is 0 Å². The maximum atomic E-state index is 11.0. The Morgan fingerprint density at radius 2 is 1.90 bits per heavy atom. The second-order valence-electron chi connectivity index (χ2n) is 3.99. The van der Waals surface area contributed by atoms with Crippen LogP contribution in [0.2, 0.25) is 0 Å². The minimum atomic E-state index is -0.306. The van der Waals surface area contributed by atoms with Gasteiger partial charge >= 0.3 is 0 Å². The van der Waals surface area contributed by atoms with Crippen molar-refractivity contribution in [3.05, 3.63) is 0 Å². The summed E-state index contributed by atoms with van der Waals surface area (Å²) in [5.41, 5.74) is 5.47. The van der Waals surface area contributed by atoms with Crippen molar-refractivity contribution >= 4 is 5.78 Å². The lowest BCUT2D eigenvalue weighted by molar-refractivity contribution is -0.121. The molecule has 0 heterocycles. The largest absolute Gasteiger partial charge is 0.322 e. The van der Waals surface area contributed by atoms with Crippen molar-refractivity contribution in [1.29, 1.82) is 0 Å². The lowest BCUT2D eigenvalue weighted by atomic mass is 9.88. The van der Waals surface area contributed by atoms with Gasteiger partial charge in [-0.15, -0.1) is 0 Å². The van der Waals surface area contributed by atoms with E-state index in [0.29, 0.717) is 6.42 Å². The Morgan fingerprint density at radius 1 is 1.50 bits per heavy atom. The highest BCUT2D eigenvalue weighted by atomic mass is 16.1. The zero-order chi connectivity index (χ0) is 8.36. The number of carbonyl (C=O) groups is 1. The van der Waals surface area contributed by atoms with E-state index >= 15 is 0 Å². The topological polar surface area (TPSA) is 43.1 Å². The van der Waals surface area contributed by atoms with Crippen molar-refractivity contribution in [3.8, 4) is 0 Å². The molecule has 0 aromatic carbocycles. The molecule has 0 bridgehead atoms. The van der Waals surface area contributed by atoms with Gasteiger partial charge in [0.2, 0.25) is 0 Å². The lowest BCUT2D eigenvalue weighted by Crippen LogP contribution is -2.29. The normalized spacial score (nSPS) is 14.9. The van der Waals surface area contributed by atoms with Gasteiger partial charge in [0.25, 0.3) is 0 Å². The Bertz CT molecular complexity index is 122. The first kappa shape index (κ1) is 9.63. The number of rotatable bonds is 2. The summed E-state index contributed by atoms with van der Waals surface area (Å²) in [5.74, 6) is 0.146. The molecule has 0 aliphatic carbocycles. The summed E-state index contributed by atoms with van der Waals surface area (Å²) in [4.78, 5) is 11.0. The fourth-order valence-electron chi connectivity index (χ4n) is 0.684. The van der Waals surface area contributed by atoms with Crippen LogP contribution in [0.1, 0.15) is 34.1 Å². The third kappa shape index (κ3) is 4.50. The minimum Gasteiger partial charge on any atom is -0.322 e. The fraction of sp³-hybridized carbons (Fsp3) is 0.875. The van der Waals surface area contributed by atoms with Gasteiger partial charge in [0.05, 0.1) is 6.04 Å². The standard InChI is InChI=1S/C8H17NO/c1-6(9)7(10)5-8(2,3)4/h6H,5,9H2,1-4H3. The summed E-state index contributed by atoms with van der Waals surface area (Å²) in [7, 11) is 0. The molecule has 0 amide bonds. The number of ketones is 1. The van der Waals surface area contributed by atoms with Crippen LogP contribution in [-0.4, -0.2) is 11.8 Å². The average Bonchev–Trinajstić information content (AvgIpc) is 1.60. The summed E-state index contributed by atoms with van der Waals surface area (Å²) in [5, 5.41) is 0. The molecule has 60 valence electrons. The maximum absolute atomic E-state index is 11.0. The van der Waals surface area contributed by atoms with E-state index in [-0.39, 0.29) is 17.2 Å². The zero-order valence-corrected chi connectivity index (χ0v) is 7.27. The van der Waals surface area contributed by atoms with Crippen molar-refractivity contribution in [2.45, 2.75) is 40.2 Å². The van der Waals surface area contributed by atoms with Gasteiger partial charge in [-0.1, -0.05) is 20.8 Å². The summed E-state index contributed by atoms with van der Waals surface area (Å²) >= 11 is 0. The van der Waals surface area contributed by atoms with Crippen LogP contribution in [0.3, 0.4) is 0 Å². The Morgan fingerprint density at radius 3 is 2.00 bits per heavy atom. The van der Waals surface area contributed by atoms with E-state index in [1.54, 1.807) is 6.92 Å². The molecule has 0 spiro atoms. The van der Waals surface area contributed by atoms with Crippen LogP contribution in [0, 0.1) is 5.41 Å². The van der Waals surface area contributed by atoms with E-state index in [0.717, 1.165) is 0 Å². The second-order valence-corrected chi connectivity index (χ2v) is 3.99. The highest BCUT2D eigenvalue weighted by Crippen LogP contribution is 2.18. The Kier molecular flexibility index (Phi) is 3.03.